The van der Waals surface area contributed by atoms with Crippen LogP contribution in [-0.4, -0.2) is 10.9 Å². The molecule has 1 atom stereocenters. The quantitative estimate of drug-likeness (QED) is 0.622. The summed E-state index contributed by atoms with van der Waals surface area (Å²) >= 11 is 3.42. The summed E-state index contributed by atoms with van der Waals surface area (Å²) in [5.41, 5.74) is 4.43. The molecule has 1 aliphatic rings. The van der Waals surface area contributed by atoms with Gasteiger partial charge in [0, 0.05) is 21.6 Å². The summed E-state index contributed by atoms with van der Waals surface area (Å²) in [7, 11) is 0. The van der Waals surface area contributed by atoms with Crippen molar-refractivity contribution in [1.29, 1.82) is 0 Å². The number of carbonyl (C=O) groups excluding carboxylic acids is 1. The molecule has 3 nitrogen and oxygen atoms in total. The van der Waals surface area contributed by atoms with Gasteiger partial charge in [0.05, 0.1) is 16.7 Å². The smallest absolute Gasteiger partial charge is 0.251 e. The Balaban J connectivity index is 1.37. The van der Waals surface area contributed by atoms with Gasteiger partial charge < -0.3 is 5.32 Å². The van der Waals surface area contributed by atoms with Crippen LogP contribution in [0.5, 0.6) is 0 Å². The highest BCUT2D eigenvalue weighted by Gasteiger charge is 2.23. The lowest BCUT2D eigenvalue weighted by atomic mass is 10.1. The lowest BCUT2D eigenvalue weighted by molar-refractivity contribution is 0.0936. The number of amides is 1. The Hall–Kier alpha value is -2.11. The molecule has 2 aromatic carbocycles. The highest BCUT2D eigenvalue weighted by molar-refractivity contribution is 7.98. The number of aromatic nitrogens is 1. The number of nitrogens with one attached hydrogen (secondary N) is 1. The Labute approximate surface area is 161 Å². The summed E-state index contributed by atoms with van der Waals surface area (Å²) in [5, 5.41) is 6.38. The fraction of sp³-hybridized carbons (Fsp3) is 0.238. The van der Waals surface area contributed by atoms with Crippen LogP contribution in [0.3, 0.4) is 0 Å². The Morgan fingerprint density at radius 2 is 2.04 bits per heavy atom. The van der Waals surface area contributed by atoms with Crippen molar-refractivity contribution in [2.24, 2.45) is 0 Å². The molecule has 5 heteroatoms. The number of fused-ring (bicyclic) bond motifs is 1. The summed E-state index contributed by atoms with van der Waals surface area (Å²) in [6.45, 7) is 2.02. The van der Waals surface area contributed by atoms with Crippen molar-refractivity contribution in [3.8, 4) is 0 Å². The number of aryl methyl sites for hydroxylation is 2. The standard InChI is InChI=1S/C21H20N2OS2/c1-14-22-17(12-25-14)13-26-18-9-6-16(7-10-18)21(24)23-20-11-8-15-4-2-3-5-19(15)20/h2-7,9-10,12,20H,8,11,13H2,1H3,(H,23,24). The van der Waals surface area contributed by atoms with Crippen molar-refractivity contribution in [2.45, 2.75) is 36.5 Å². The Bertz CT molecular complexity index is 918. The van der Waals surface area contributed by atoms with Crippen molar-refractivity contribution in [3.63, 3.8) is 0 Å². The molecule has 0 radical (unpaired) electrons. The summed E-state index contributed by atoms with van der Waals surface area (Å²) in [6.07, 6.45) is 2.01. The van der Waals surface area contributed by atoms with Gasteiger partial charge in [0.2, 0.25) is 0 Å². The van der Waals surface area contributed by atoms with Gasteiger partial charge in [-0.1, -0.05) is 24.3 Å². The van der Waals surface area contributed by atoms with Gasteiger partial charge in [-0.2, -0.15) is 0 Å². The van der Waals surface area contributed by atoms with Crippen LogP contribution in [0.1, 0.15) is 44.6 Å². The first-order chi connectivity index (χ1) is 12.7. The average molecular weight is 381 g/mol. The van der Waals surface area contributed by atoms with Crippen LogP contribution in [0.4, 0.5) is 0 Å². The van der Waals surface area contributed by atoms with E-state index >= 15 is 0 Å². The number of thioether (sulfide) groups is 1. The molecule has 0 saturated carbocycles. The zero-order chi connectivity index (χ0) is 17.9. The second-order valence-electron chi connectivity index (χ2n) is 6.43. The zero-order valence-corrected chi connectivity index (χ0v) is 16.2. The molecule has 1 amide bonds. The van der Waals surface area contributed by atoms with Crippen molar-refractivity contribution in [2.75, 3.05) is 0 Å². The molecule has 0 fully saturated rings. The van der Waals surface area contributed by atoms with Crippen LogP contribution in [0.15, 0.2) is 58.8 Å². The number of thiazole rings is 1. The third-order valence-electron chi connectivity index (χ3n) is 4.61. The zero-order valence-electron chi connectivity index (χ0n) is 14.6. The van der Waals surface area contributed by atoms with Gasteiger partial charge in [-0.15, -0.1) is 23.1 Å². The molecule has 1 heterocycles. The van der Waals surface area contributed by atoms with Crippen molar-refractivity contribution in [1.82, 2.24) is 10.3 Å². The third kappa shape index (κ3) is 3.84. The third-order valence-corrected chi connectivity index (χ3v) is 6.48. The summed E-state index contributed by atoms with van der Waals surface area (Å²) in [4.78, 5) is 18.2. The molecule has 1 aromatic heterocycles. The molecule has 26 heavy (non-hydrogen) atoms. The van der Waals surface area contributed by atoms with Crippen LogP contribution >= 0.6 is 23.1 Å². The van der Waals surface area contributed by atoms with Gasteiger partial charge in [0.1, 0.15) is 0 Å². The summed E-state index contributed by atoms with van der Waals surface area (Å²) in [6, 6.07) is 16.3. The van der Waals surface area contributed by atoms with E-state index in [0.29, 0.717) is 5.56 Å². The van der Waals surface area contributed by atoms with E-state index in [1.54, 1.807) is 23.1 Å². The van der Waals surface area contributed by atoms with E-state index in [9.17, 15) is 4.79 Å². The minimum absolute atomic E-state index is 0.00150. The van der Waals surface area contributed by atoms with E-state index in [0.717, 1.165) is 34.2 Å². The summed E-state index contributed by atoms with van der Waals surface area (Å²) < 4.78 is 0. The van der Waals surface area contributed by atoms with E-state index in [1.807, 2.05) is 37.3 Å². The van der Waals surface area contributed by atoms with Gasteiger partial charge >= 0.3 is 0 Å². The highest BCUT2D eigenvalue weighted by atomic mass is 32.2. The predicted octanol–water partition coefficient (Wildman–Crippen LogP) is 5.16. The Morgan fingerprint density at radius 1 is 1.23 bits per heavy atom. The van der Waals surface area contributed by atoms with Crippen LogP contribution in [0.25, 0.3) is 0 Å². The predicted molar refractivity (Wildman–Crippen MR) is 108 cm³/mol. The molecular weight excluding hydrogens is 360 g/mol. The van der Waals surface area contributed by atoms with Crippen LogP contribution < -0.4 is 5.32 Å². The van der Waals surface area contributed by atoms with Crippen molar-refractivity contribution < 1.29 is 4.79 Å². The van der Waals surface area contributed by atoms with Gasteiger partial charge in [-0.3, -0.25) is 4.79 Å². The minimum Gasteiger partial charge on any atom is -0.345 e. The second-order valence-corrected chi connectivity index (χ2v) is 8.55. The molecular formula is C21H20N2OS2. The summed E-state index contributed by atoms with van der Waals surface area (Å²) in [5.74, 6) is 0.854. The lowest BCUT2D eigenvalue weighted by Gasteiger charge is -2.14. The number of carbonyl (C=O) groups is 1. The molecule has 0 saturated heterocycles. The monoisotopic (exact) mass is 380 g/mol. The first kappa shape index (κ1) is 17.3. The molecule has 0 aliphatic heterocycles. The largest absolute Gasteiger partial charge is 0.345 e. The number of benzene rings is 2. The average Bonchev–Trinajstić information content (AvgIpc) is 3.27. The second kappa shape index (κ2) is 7.64. The maximum Gasteiger partial charge on any atom is 0.251 e. The van der Waals surface area contributed by atoms with E-state index in [-0.39, 0.29) is 11.9 Å². The topological polar surface area (TPSA) is 42.0 Å². The van der Waals surface area contributed by atoms with Gasteiger partial charge in [0.25, 0.3) is 5.91 Å². The molecule has 132 valence electrons. The fourth-order valence-electron chi connectivity index (χ4n) is 3.28. The Morgan fingerprint density at radius 3 is 2.81 bits per heavy atom. The molecule has 3 aromatic rings. The molecule has 0 spiro atoms. The highest BCUT2D eigenvalue weighted by Crippen LogP contribution is 2.31. The van der Waals surface area contributed by atoms with Crippen molar-refractivity contribution >= 4 is 29.0 Å². The number of nitrogens with zero attached hydrogens (tertiary/aromatic N) is 1. The molecule has 0 bridgehead atoms. The fourth-order valence-corrected chi connectivity index (χ4v) is 4.79. The first-order valence-corrected chi connectivity index (χ1v) is 10.6. The van der Waals surface area contributed by atoms with Crippen molar-refractivity contribution in [3.05, 3.63) is 81.3 Å². The number of rotatable bonds is 5. The molecule has 1 aliphatic carbocycles. The number of hydrogen-bond donors (Lipinski definition) is 1. The maximum atomic E-state index is 12.6. The number of hydrogen-bond acceptors (Lipinski definition) is 4. The van der Waals surface area contributed by atoms with Crippen LogP contribution in [0.2, 0.25) is 0 Å². The SMILES string of the molecule is Cc1nc(CSc2ccc(C(=O)NC3CCc4ccccc43)cc2)cs1. The Kier molecular flexibility index (Phi) is 5.09. The van der Waals surface area contributed by atoms with Gasteiger partial charge in [-0.25, -0.2) is 4.98 Å². The molecule has 4 rings (SSSR count). The van der Waals surface area contributed by atoms with Gasteiger partial charge in [0.15, 0.2) is 0 Å². The van der Waals surface area contributed by atoms with E-state index in [4.69, 9.17) is 0 Å². The van der Waals surface area contributed by atoms with Gasteiger partial charge in [-0.05, 0) is 55.2 Å². The minimum atomic E-state index is -0.00150. The lowest BCUT2D eigenvalue weighted by Crippen LogP contribution is -2.27. The normalized spacial score (nSPS) is 15.7. The maximum absolute atomic E-state index is 12.6. The van der Waals surface area contributed by atoms with E-state index in [1.165, 1.54) is 11.1 Å². The van der Waals surface area contributed by atoms with E-state index < -0.39 is 0 Å². The van der Waals surface area contributed by atoms with Crippen LogP contribution in [0, 0.1) is 6.92 Å². The molecule has 1 unspecified atom stereocenters. The first-order valence-electron chi connectivity index (χ1n) is 8.71. The van der Waals surface area contributed by atoms with Crippen LogP contribution in [-0.2, 0) is 12.2 Å². The van der Waals surface area contributed by atoms with E-state index in [2.05, 4.69) is 33.9 Å². The molecule has 1 N–H and O–H groups in total.